The van der Waals surface area contributed by atoms with Crippen molar-refractivity contribution in [3.8, 4) is 0 Å². The second kappa shape index (κ2) is 6.85. The first-order chi connectivity index (χ1) is 10.2. The number of anilines is 1. The molecule has 0 spiro atoms. The Kier molecular flexibility index (Phi) is 4.87. The van der Waals surface area contributed by atoms with Crippen LogP contribution >= 0.6 is 22.7 Å². The summed E-state index contributed by atoms with van der Waals surface area (Å²) in [4.78, 5) is 12.9. The molecule has 21 heavy (non-hydrogen) atoms. The first-order valence-corrected chi connectivity index (χ1v) is 9.18. The number of nitrogens with zero attached hydrogens (tertiary/aromatic N) is 3. The summed E-state index contributed by atoms with van der Waals surface area (Å²) < 4.78 is 0. The number of aromatic nitrogens is 2. The highest BCUT2D eigenvalue weighted by molar-refractivity contribution is 7.15. The lowest BCUT2D eigenvalue weighted by atomic mass is 9.93. The van der Waals surface area contributed by atoms with E-state index in [1.807, 2.05) is 13.2 Å². The molecule has 1 unspecified atom stereocenters. The molecule has 1 N–H and O–H groups in total. The van der Waals surface area contributed by atoms with Gasteiger partial charge in [0, 0.05) is 36.6 Å². The van der Waals surface area contributed by atoms with E-state index in [4.69, 9.17) is 0 Å². The van der Waals surface area contributed by atoms with Gasteiger partial charge >= 0.3 is 0 Å². The van der Waals surface area contributed by atoms with Crippen LogP contribution in [0, 0.1) is 12.8 Å². The quantitative estimate of drug-likeness (QED) is 0.916. The Morgan fingerprint density at radius 2 is 2.38 bits per heavy atom. The number of aryl methyl sites for hydroxylation is 1. The number of likely N-dealkylation sites (tertiary alicyclic amines) is 1. The van der Waals surface area contributed by atoms with E-state index >= 15 is 0 Å². The minimum absolute atomic E-state index is 0.747. The number of rotatable bonds is 5. The summed E-state index contributed by atoms with van der Waals surface area (Å²) in [6.07, 6.45) is 5.76. The van der Waals surface area contributed by atoms with Gasteiger partial charge in [0.15, 0.2) is 5.13 Å². The van der Waals surface area contributed by atoms with E-state index in [0.29, 0.717) is 0 Å². The number of hydrogen-bond acceptors (Lipinski definition) is 6. The van der Waals surface area contributed by atoms with Crippen LogP contribution in [0.15, 0.2) is 11.6 Å². The highest BCUT2D eigenvalue weighted by Crippen LogP contribution is 2.25. The molecule has 3 heterocycles. The fraction of sp³-hybridized carbons (Fsp3) is 0.600. The summed E-state index contributed by atoms with van der Waals surface area (Å²) in [6.45, 7) is 5.51. The van der Waals surface area contributed by atoms with Gasteiger partial charge in [0.25, 0.3) is 0 Å². The molecular weight excluding hydrogens is 300 g/mol. The zero-order valence-corrected chi connectivity index (χ0v) is 14.3. The maximum Gasteiger partial charge on any atom is 0.182 e. The monoisotopic (exact) mass is 322 g/mol. The van der Waals surface area contributed by atoms with Crippen molar-refractivity contribution in [2.45, 2.75) is 32.7 Å². The molecule has 2 aromatic rings. The average Bonchev–Trinajstić information content (AvgIpc) is 3.08. The predicted molar refractivity (Wildman–Crippen MR) is 90.2 cm³/mol. The standard InChI is InChI=1S/C15H22N4S2/c1-11-18-13(10-20-11)6-12-4-3-5-19(8-12)9-14-7-17-15(16-2)21-14/h7,10,12H,3-6,8-9H2,1-2H3,(H,16,17). The minimum atomic E-state index is 0.747. The van der Waals surface area contributed by atoms with Crippen LogP contribution in [0.2, 0.25) is 0 Å². The van der Waals surface area contributed by atoms with Crippen LogP contribution in [-0.4, -0.2) is 35.0 Å². The molecule has 0 aromatic carbocycles. The molecule has 1 atom stereocenters. The van der Waals surface area contributed by atoms with E-state index < -0.39 is 0 Å². The molecule has 3 rings (SSSR count). The second-order valence-corrected chi connectivity index (χ2v) is 7.86. The first kappa shape index (κ1) is 14.9. The van der Waals surface area contributed by atoms with E-state index in [-0.39, 0.29) is 0 Å². The molecule has 1 saturated heterocycles. The third kappa shape index (κ3) is 4.02. The molecule has 1 fully saturated rings. The Morgan fingerprint density at radius 3 is 3.10 bits per heavy atom. The maximum absolute atomic E-state index is 4.61. The van der Waals surface area contributed by atoms with Gasteiger partial charge < -0.3 is 5.32 Å². The number of thiazole rings is 2. The van der Waals surface area contributed by atoms with Gasteiger partial charge in [-0.2, -0.15) is 0 Å². The Balaban J connectivity index is 1.55. The van der Waals surface area contributed by atoms with Crippen molar-refractivity contribution < 1.29 is 0 Å². The van der Waals surface area contributed by atoms with E-state index in [2.05, 4.69) is 32.5 Å². The number of hydrogen-bond donors (Lipinski definition) is 1. The lowest BCUT2D eigenvalue weighted by molar-refractivity contribution is 0.167. The van der Waals surface area contributed by atoms with Crippen LogP contribution in [0.25, 0.3) is 0 Å². The van der Waals surface area contributed by atoms with Crippen molar-refractivity contribution in [1.29, 1.82) is 0 Å². The van der Waals surface area contributed by atoms with E-state index in [9.17, 15) is 0 Å². The maximum atomic E-state index is 4.61. The second-order valence-electron chi connectivity index (χ2n) is 5.69. The normalized spacial score (nSPS) is 19.8. The molecule has 114 valence electrons. The summed E-state index contributed by atoms with van der Waals surface area (Å²) in [6, 6.07) is 0. The smallest absolute Gasteiger partial charge is 0.182 e. The number of piperidine rings is 1. The summed E-state index contributed by atoms with van der Waals surface area (Å²) in [5.74, 6) is 0.747. The van der Waals surface area contributed by atoms with Gasteiger partial charge in [-0.05, 0) is 38.6 Å². The van der Waals surface area contributed by atoms with Gasteiger partial charge in [-0.25, -0.2) is 9.97 Å². The number of nitrogens with one attached hydrogen (secondary N) is 1. The van der Waals surface area contributed by atoms with Gasteiger partial charge in [-0.15, -0.1) is 22.7 Å². The largest absolute Gasteiger partial charge is 0.365 e. The summed E-state index contributed by atoms with van der Waals surface area (Å²) in [7, 11) is 1.93. The molecular formula is C15H22N4S2. The van der Waals surface area contributed by atoms with Gasteiger partial charge in [0.1, 0.15) is 0 Å². The molecule has 0 aliphatic carbocycles. The molecule has 0 radical (unpaired) electrons. The fourth-order valence-electron chi connectivity index (χ4n) is 2.98. The van der Waals surface area contributed by atoms with Crippen LogP contribution in [-0.2, 0) is 13.0 Å². The predicted octanol–water partition coefficient (Wildman–Crippen LogP) is 3.40. The van der Waals surface area contributed by atoms with Gasteiger partial charge in [0.05, 0.1) is 10.7 Å². The van der Waals surface area contributed by atoms with Crippen molar-refractivity contribution in [3.05, 3.63) is 27.2 Å². The van der Waals surface area contributed by atoms with Crippen LogP contribution < -0.4 is 5.32 Å². The Bertz CT molecular complexity index is 578. The molecule has 2 aromatic heterocycles. The zero-order chi connectivity index (χ0) is 14.7. The highest BCUT2D eigenvalue weighted by atomic mass is 32.1. The first-order valence-electron chi connectivity index (χ1n) is 7.48. The SMILES string of the molecule is CNc1ncc(CN2CCCC(Cc3csc(C)n3)C2)s1. The molecule has 0 amide bonds. The summed E-state index contributed by atoms with van der Waals surface area (Å²) in [5.41, 5.74) is 1.28. The van der Waals surface area contributed by atoms with Crippen molar-refractivity contribution in [2.24, 2.45) is 5.92 Å². The van der Waals surface area contributed by atoms with Crippen LogP contribution in [0.4, 0.5) is 5.13 Å². The summed E-state index contributed by atoms with van der Waals surface area (Å²) >= 11 is 3.52. The average molecular weight is 323 g/mol. The van der Waals surface area contributed by atoms with E-state index in [0.717, 1.165) is 24.0 Å². The molecule has 1 aliphatic heterocycles. The van der Waals surface area contributed by atoms with Gasteiger partial charge in [-0.1, -0.05) is 0 Å². The molecule has 0 saturated carbocycles. The van der Waals surface area contributed by atoms with Gasteiger partial charge in [0.2, 0.25) is 0 Å². The molecule has 1 aliphatic rings. The third-order valence-corrected chi connectivity index (χ3v) is 5.74. The van der Waals surface area contributed by atoms with Crippen LogP contribution in [0.3, 0.4) is 0 Å². The minimum Gasteiger partial charge on any atom is -0.365 e. The topological polar surface area (TPSA) is 41.1 Å². The van der Waals surface area contributed by atoms with Crippen LogP contribution in [0.5, 0.6) is 0 Å². The van der Waals surface area contributed by atoms with Gasteiger partial charge in [-0.3, -0.25) is 4.90 Å². The Labute approximate surface area is 134 Å². The zero-order valence-electron chi connectivity index (χ0n) is 12.6. The van der Waals surface area contributed by atoms with Crippen molar-refractivity contribution in [3.63, 3.8) is 0 Å². The Morgan fingerprint density at radius 1 is 1.48 bits per heavy atom. The fourth-order valence-corrected chi connectivity index (χ4v) is 4.41. The third-order valence-electron chi connectivity index (χ3n) is 3.91. The van der Waals surface area contributed by atoms with E-state index in [1.165, 1.54) is 41.5 Å². The summed E-state index contributed by atoms with van der Waals surface area (Å²) in [5, 5.41) is 7.52. The lowest BCUT2D eigenvalue weighted by Gasteiger charge is -2.32. The Hall–Kier alpha value is -0.980. The lowest BCUT2D eigenvalue weighted by Crippen LogP contribution is -2.35. The van der Waals surface area contributed by atoms with Crippen molar-refractivity contribution >= 4 is 27.8 Å². The van der Waals surface area contributed by atoms with Crippen LogP contribution in [0.1, 0.15) is 28.4 Å². The molecule has 6 heteroatoms. The van der Waals surface area contributed by atoms with Crippen molar-refractivity contribution in [2.75, 3.05) is 25.5 Å². The molecule has 4 nitrogen and oxygen atoms in total. The van der Waals surface area contributed by atoms with Crippen molar-refractivity contribution in [1.82, 2.24) is 14.9 Å². The molecule has 0 bridgehead atoms. The highest BCUT2D eigenvalue weighted by Gasteiger charge is 2.21. The van der Waals surface area contributed by atoms with E-state index in [1.54, 1.807) is 22.7 Å².